The molecule has 1 aromatic carbocycles. The number of hydrogen-bond acceptors (Lipinski definition) is 3. The normalized spacial score (nSPS) is 30.5. The van der Waals surface area contributed by atoms with E-state index in [9.17, 15) is 14.0 Å². The predicted molar refractivity (Wildman–Crippen MR) is 91.2 cm³/mol. The zero-order valence-corrected chi connectivity index (χ0v) is 14.9. The van der Waals surface area contributed by atoms with Crippen molar-refractivity contribution in [3.63, 3.8) is 0 Å². The molecule has 0 radical (unpaired) electrons. The summed E-state index contributed by atoms with van der Waals surface area (Å²) in [5.41, 5.74) is 0.314. The van der Waals surface area contributed by atoms with Gasteiger partial charge in [-0.05, 0) is 24.3 Å². The first kappa shape index (κ1) is 17.9. The Balaban J connectivity index is 1.91. The molecule has 0 saturated carbocycles. The summed E-state index contributed by atoms with van der Waals surface area (Å²) in [6.07, 6.45) is 0.210. The quantitative estimate of drug-likeness (QED) is 0.824. The summed E-state index contributed by atoms with van der Waals surface area (Å²) in [7, 11) is 1.60. The molecule has 0 spiro atoms. The maximum absolute atomic E-state index is 14.4. The topological polar surface area (TPSA) is 49.9 Å². The number of halogens is 1. The van der Waals surface area contributed by atoms with Crippen molar-refractivity contribution in [2.75, 3.05) is 26.7 Å². The first-order chi connectivity index (χ1) is 11.9. The third-order valence-corrected chi connectivity index (χ3v) is 5.13. The Bertz CT molecular complexity index is 656. The van der Waals surface area contributed by atoms with Gasteiger partial charge in [-0.2, -0.15) is 0 Å². The van der Waals surface area contributed by atoms with Gasteiger partial charge in [0.2, 0.25) is 5.91 Å². The van der Waals surface area contributed by atoms with E-state index in [-0.39, 0.29) is 18.4 Å². The number of rotatable bonds is 2. The lowest BCUT2D eigenvalue weighted by atomic mass is 9.90. The van der Waals surface area contributed by atoms with Crippen LogP contribution in [0, 0.1) is 17.7 Å². The molecule has 2 aliphatic rings. The number of benzene rings is 1. The van der Waals surface area contributed by atoms with Crippen LogP contribution in [-0.4, -0.2) is 54.5 Å². The van der Waals surface area contributed by atoms with E-state index in [1.54, 1.807) is 30.1 Å². The van der Waals surface area contributed by atoms with E-state index >= 15 is 0 Å². The number of carbonyl (C=O) groups excluding carboxylic acids is 2. The van der Waals surface area contributed by atoms with Gasteiger partial charge in [-0.3, -0.25) is 9.59 Å². The average molecular weight is 348 g/mol. The highest BCUT2D eigenvalue weighted by Crippen LogP contribution is 2.33. The van der Waals surface area contributed by atoms with Crippen LogP contribution in [0.15, 0.2) is 24.3 Å². The molecular weight excluding hydrogens is 323 g/mol. The first-order valence-corrected chi connectivity index (χ1v) is 8.79. The molecule has 2 aliphatic heterocycles. The highest BCUT2D eigenvalue weighted by atomic mass is 19.1. The number of likely N-dealkylation sites (tertiary alicyclic amines) is 1. The molecule has 0 N–H and O–H groups in total. The summed E-state index contributed by atoms with van der Waals surface area (Å²) in [6, 6.07) is 5.50. The SMILES string of the molecule is C[C@@H]1C[C@H](C)CN(C(=O)[C@H]2OCC(=O)N(C)[C@H]2c2ccccc2F)C1. The first-order valence-electron chi connectivity index (χ1n) is 8.79. The fourth-order valence-electron chi connectivity index (χ4n) is 4.03. The minimum Gasteiger partial charge on any atom is -0.356 e. The van der Waals surface area contributed by atoms with Crippen LogP contribution >= 0.6 is 0 Å². The Morgan fingerprint density at radius 1 is 1.20 bits per heavy atom. The van der Waals surface area contributed by atoms with E-state index in [1.165, 1.54) is 11.0 Å². The fraction of sp³-hybridized carbons (Fsp3) is 0.579. The molecule has 0 bridgehead atoms. The number of likely N-dealkylation sites (N-methyl/N-ethyl adjacent to an activating group) is 1. The number of hydrogen-bond donors (Lipinski definition) is 0. The van der Waals surface area contributed by atoms with Gasteiger partial charge in [0.15, 0.2) is 6.10 Å². The summed E-state index contributed by atoms with van der Waals surface area (Å²) in [5.74, 6) is -0.00959. The van der Waals surface area contributed by atoms with Gasteiger partial charge in [0.25, 0.3) is 5.91 Å². The molecule has 3 rings (SSSR count). The molecule has 25 heavy (non-hydrogen) atoms. The van der Waals surface area contributed by atoms with E-state index in [4.69, 9.17) is 4.74 Å². The number of carbonyl (C=O) groups is 2. The van der Waals surface area contributed by atoms with Crippen LogP contribution < -0.4 is 0 Å². The van der Waals surface area contributed by atoms with E-state index in [2.05, 4.69) is 13.8 Å². The van der Waals surface area contributed by atoms with Crippen LogP contribution in [0.3, 0.4) is 0 Å². The monoisotopic (exact) mass is 348 g/mol. The van der Waals surface area contributed by atoms with Crippen LogP contribution in [0.4, 0.5) is 4.39 Å². The van der Waals surface area contributed by atoms with Gasteiger partial charge < -0.3 is 14.5 Å². The van der Waals surface area contributed by atoms with Crippen molar-refractivity contribution in [1.82, 2.24) is 9.80 Å². The standard InChI is InChI=1S/C19H25FN2O3/c1-12-8-13(2)10-22(9-12)19(24)18-17(21(3)16(23)11-25-18)14-6-4-5-7-15(14)20/h4-7,12-13,17-18H,8-11H2,1-3H3/t12-,13+,17-,18-/m0/s1. The molecule has 5 nitrogen and oxygen atoms in total. The second kappa shape index (κ2) is 7.12. The summed E-state index contributed by atoms with van der Waals surface area (Å²) in [5, 5.41) is 0. The number of amides is 2. The number of nitrogens with zero attached hydrogens (tertiary/aromatic N) is 2. The van der Waals surface area contributed by atoms with Crippen LogP contribution in [0.5, 0.6) is 0 Å². The lowest BCUT2D eigenvalue weighted by Gasteiger charge is -2.42. The number of morpholine rings is 1. The van der Waals surface area contributed by atoms with Gasteiger partial charge in [0.1, 0.15) is 12.4 Å². The van der Waals surface area contributed by atoms with Gasteiger partial charge in [-0.15, -0.1) is 0 Å². The molecule has 0 unspecified atom stereocenters. The smallest absolute Gasteiger partial charge is 0.254 e. The van der Waals surface area contributed by atoms with Crippen molar-refractivity contribution in [3.8, 4) is 0 Å². The average Bonchev–Trinajstić information content (AvgIpc) is 2.56. The Morgan fingerprint density at radius 2 is 1.84 bits per heavy atom. The molecule has 2 heterocycles. The van der Waals surface area contributed by atoms with Gasteiger partial charge >= 0.3 is 0 Å². The zero-order valence-electron chi connectivity index (χ0n) is 14.9. The molecule has 2 saturated heterocycles. The Morgan fingerprint density at radius 3 is 2.48 bits per heavy atom. The summed E-state index contributed by atoms with van der Waals surface area (Å²) < 4.78 is 20.0. The number of ether oxygens (including phenoxy) is 1. The lowest BCUT2D eigenvalue weighted by molar-refractivity contribution is -0.169. The second-order valence-electron chi connectivity index (χ2n) is 7.39. The van der Waals surface area contributed by atoms with Crippen molar-refractivity contribution >= 4 is 11.8 Å². The Labute approximate surface area is 147 Å². The van der Waals surface area contributed by atoms with E-state index in [0.29, 0.717) is 30.5 Å². The largest absolute Gasteiger partial charge is 0.356 e. The van der Waals surface area contributed by atoms with E-state index < -0.39 is 18.0 Å². The minimum atomic E-state index is -0.878. The highest BCUT2D eigenvalue weighted by Gasteiger charge is 2.43. The number of piperidine rings is 1. The van der Waals surface area contributed by atoms with Crippen molar-refractivity contribution in [2.45, 2.75) is 32.4 Å². The minimum absolute atomic E-state index is 0.156. The van der Waals surface area contributed by atoms with Crippen LogP contribution in [0.1, 0.15) is 31.9 Å². The van der Waals surface area contributed by atoms with Crippen molar-refractivity contribution < 1.29 is 18.7 Å². The molecule has 136 valence electrons. The second-order valence-corrected chi connectivity index (χ2v) is 7.39. The molecular formula is C19H25FN2O3. The molecule has 4 atom stereocenters. The summed E-state index contributed by atoms with van der Waals surface area (Å²) in [4.78, 5) is 28.5. The van der Waals surface area contributed by atoms with Crippen LogP contribution in [0.2, 0.25) is 0 Å². The summed E-state index contributed by atoms with van der Waals surface area (Å²) >= 11 is 0. The predicted octanol–water partition coefficient (Wildman–Crippen LogP) is 2.23. The lowest BCUT2D eigenvalue weighted by Crippen LogP contribution is -2.56. The van der Waals surface area contributed by atoms with Crippen molar-refractivity contribution in [2.24, 2.45) is 11.8 Å². The van der Waals surface area contributed by atoms with E-state index in [1.807, 2.05) is 0 Å². The Kier molecular flexibility index (Phi) is 5.08. The molecule has 0 aromatic heterocycles. The van der Waals surface area contributed by atoms with Crippen LogP contribution in [0.25, 0.3) is 0 Å². The highest BCUT2D eigenvalue weighted by molar-refractivity contribution is 5.86. The van der Waals surface area contributed by atoms with Gasteiger partial charge in [-0.1, -0.05) is 32.0 Å². The maximum atomic E-state index is 14.4. The third-order valence-electron chi connectivity index (χ3n) is 5.13. The van der Waals surface area contributed by atoms with Crippen molar-refractivity contribution in [3.05, 3.63) is 35.6 Å². The zero-order chi connectivity index (χ0) is 18.1. The molecule has 0 aliphatic carbocycles. The fourth-order valence-corrected chi connectivity index (χ4v) is 4.03. The third kappa shape index (κ3) is 3.54. The van der Waals surface area contributed by atoms with Gasteiger partial charge in [0.05, 0.1) is 6.04 Å². The molecule has 2 fully saturated rings. The molecule has 1 aromatic rings. The Hall–Kier alpha value is -1.95. The van der Waals surface area contributed by atoms with Gasteiger partial charge in [0, 0.05) is 25.7 Å². The van der Waals surface area contributed by atoms with Crippen molar-refractivity contribution in [1.29, 1.82) is 0 Å². The molecule has 2 amide bonds. The maximum Gasteiger partial charge on any atom is 0.254 e. The van der Waals surface area contributed by atoms with E-state index in [0.717, 1.165) is 6.42 Å². The van der Waals surface area contributed by atoms with Gasteiger partial charge in [-0.25, -0.2) is 4.39 Å². The molecule has 6 heteroatoms. The van der Waals surface area contributed by atoms with Crippen LogP contribution in [-0.2, 0) is 14.3 Å². The summed E-state index contributed by atoms with van der Waals surface area (Å²) in [6.45, 7) is 5.44.